The Morgan fingerprint density at radius 2 is 1.61 bits per heavy atom. The average molecular weight is 373 g/mol. The zero-order chi connectivity index (χ0) is 19.9. The van der Waals surface area contributed by atoms with Gasteiger partial charge in [-0.25, -0.2) is 4.79 Å². The van der Waals surface area contributed by atoms with Gasteiger partial charge in [-0.05, 0) is 49.1 Å². The first-order valence-electron chi connectivity index (χ1n) is 9.19. The molecule has 142 valence electrons. The first kappa shape index (κ1) is 19.4. The lowest BCUT2D eigenvalue weighted by molar-refractivity contribution is -0.119. The fraction of sp³-hybridized carbons (Fsp3) is 0.167. The van der Waals surface area contributed by atoms with E-state index in [0.29, 0.717) is 12.0 Å². The van der Waals surface area contributed by atoms with Crippen molar-refractivity contribution in [2.45, 2.75) is 20.3 Å². The van der Waals surface area contributed by atoms with Crippen LogP contribution in [0.1, 0.15) is 32.6 Å². The van der Waals surface area contributed by atoms with Gasteiger partial charge in [-0.1, -0.05) is 66.2 Å². The van der Waals surface area contributed by atoms with Crippen LogP contribution in [0, 0.1) is 13.8 Å². The molecule has 28 heavy (non-hydrogen) atoms. The van der Waals surface area contributed by atoms with Crippen molar-refractivity contribution in [3.05, 3.63) is 101 Å². The summed E-state index contributed by atoms with van der Waals surface area (Å²) in [5, 5.41) is 2.78. The predicted octanol–water partition coefficient (Wildman–Crippen LogP) is 4.69. The van der Waals surface area contributed by atoms with Crippen LogP contribution in [0.4, 0.5) is 5.69 Å². The van der Waals surface area contributed by atoms with Crippen molar-refractivity contribution in [3.8, 4) is 0 Å². The lowest BCUT2D eigenvalue weighted by atomic mass is 10.00. The minimum atomic E-state index is -0.498. The minimum absolute atomic E-state index is 0.328. The smallest absolute Gasteiger partial charge is 0.338 e. The second-order valence-electron chi connectivity index (χ2n) is 6.76. The number of nitrogens with one attached hydrogen (secondary N) is 1. The molecule has 3 rings (SSSR count). The summed E-state index contributed by atoms with van der Waals surface area (Å²) in [5.74, 6) is -0.858. The summed E-state index contributed by atoms with van der Waals surface area (Å²) >= 11 is 0. The number of carbonyl (C=O) groups excluding carboxylic acids is 2. The van der Waals surface area contributed by atoms with Crippen molar-refractivity contribution in [2.75, 3.05) is 11.9 Å². The van der Waals surface area contributed by atoms with E-state index < -0.39 is 5.97 Å². The number of hydrogen-bond acceptors (Lipinski definition) is 3. The highest BCUT2D eigenvalue weighted by Crippen LogP contribution is 2.17. The molecule has 0 saturated carbocycles. The van der Waals surface area contributed by atoms with Crippen LogP contribution in [0.15, 0.2) is 72.8 Å². The normalized spacial score (nSPS) is 10.4. The molecule has 0 heterocycles. The number of esters is 1. The molecule has 0 radical (unpaired) electrons. The maximum absolute atomic E-state index is 12.5. The molecular formula is C24H23NO3. The maximum atomic E-state index is 12.5. The van der Waals surface area contributed by atoms with Gasteiger partial charge in [-0.15, -0.1) is 0 Å². The van der Waals surface area contributed by atoms with Gasteiger partial charge in [0.1, 0.15) is 0 Å². The van der Waals surface area contributed by atoms with Crippen LogP contribution in [0.25, 0.3) is 0 Å². The Bertz CT molecular complexity index is 980. The van der Waals surface area contributed by atoms with E-state index >= 15 is 0 Å². The quantitative estimate of drug-likeness (QED) is 0.638. The van der Waals surface area contributed by atoms with Crippen molar-refractivity contribution in [1.29, 1.82) is 0 Å². The summed E-state index contributed by atoms with van der Waals surface area (Å²) in [6.07, 6.45) is 0.626. The van der Waals surface area contributed by atoms with Crippen LogP contribution < -0.4 is 5.32 Å². The standard InChI is InChI=1S/C24H23NO3/c1-17-12-13-22(18(2)14-17)25-23(26)16-28-24(27)21-11-7-6-10-20(21)15-19-8-4-3-5-9-19/h3-14H,15-16H2,1-2H3,(H,25,26). The van der Waals surface area contributed by atoms with Gasteiger partial charge in [-0.3, -0.25) is 4.79 Å². The molecule has 0 fully saturated rings. The lowest BCUT2D eigenvalue weighted by Crippen LogP contribution is -2.21. The van der Waals surface area contributed by atoms with E-state index in [1.54, 1.807) is 12.1 Å². The van der Waals surface area contributed by atoms with Gasteiger partial charge in [0, 0.05) is 5.69 Å². The van der Waals surface area contributed by atoms with E-state index in [-0.39, 0.29) is 12.5 Å². The molecule has 0 aliphatic rings. The summed E-state index contributed by atoms with van der Waals surface area (Å²) in [7, 11) is 0. The Morgan fingerprint density at radius 3 is 2.36 bits per heavy atom. The zero-order valence-corrected chi connectivity index (χ0v) is 16.1. The van der Waals surface area contributed by atoms with Crippen LogP contribution in [0.5, 0.6) is 0 Å². The summed E-state index contributed by atoms with van der Waals surface area (Å²) in [6, 6.07) is 23.0. The molecule has 1 N–H and O–H groups in total. The van der Waals surface area contributed by atoms with Crippen LogP contribution in [-0.4, -0.2) is 18.5 Å². The second-order valence-corrected chi connectivity index (χ2v) is 6.76. The van der Waals surface area contributed by atoms with Gasteiger partial charge in [0.25, 0.3) is 5.91 Å². The molecule has 0 spiro atoms. The second kappa shape index (κ2) is 9.00. The Balaban J connectivity index is 1.62. The van der Waals surface area contributed by atoms with E-state index in [4.69, 9.17) is 4.74 Å². The van der Waals surface area contributed by atoms with Crippen molar-refractivity contribution in [2.24, 2.45) is 0 Å². The molecule has 0 saturated heterocycles. The molecule has 4 nitrogen and oxygen atoms in total. The van der Waals surface area contributed by atoms with Crippen LogP contribution in [0.2, 0.25) is 0 Å². The fourth-order valence-electron chi connectivity index (χ4n) is 3.04. The van der Waals surface area contributed by atoms with Crippen molar-refractivity contribution in [1.82, 2.24) is 0 Å². The third-order valence-electron chi connectivity index (χ3n) is 4.47. The highest BCUT2D eigenvalue weighted by Gasteiger charge is 2.15. The molecule has 0 bridgehead atoms. The van der Waals surface area contributed by atoms with Gasteiger partial charge in [0.2, 0.25) is 0 Å². The van der Waals surface area contributed by atoms with Crippen LogP contribution in [0.3, 0.4) is 0 Å². The topological polar surface area (TPSA) is 55.4 Å². The summed E-state index contributed by atoms with van der Waals surface area (Å²) in [5.41, 5.74) is 5.26. The third-order valence-corrected chi connectivity index (χ3v) is 4.47. The average Bonchev–Trinajstić information content (AvgIpc) is 2.69. The molecule has 0 aliphatic heterocycles. The van der Waals surface area contributed by atoms with Crippen LogP contribution >= 0.6 is 0 Å². The predicted molar refractivity (Wildman–Crippen MR) is 111 cm³/mol. The highest BCUT2D eigenvalue weighted by molar-refractivity contribution is 5.96. The van der Waals surface area contributed by atoms with Gasteiger partial charge in [0.15, 0.2) is 6.61 Å². The van der Waals surface area contributed by atoms with E-state index in [1.807, 2.05) is 74.5 Å². The molecule has 0 atom stereocenters. The number of carbonyl (C=O) groups is 2. The number of ether oxygens (including phenoxy) is 1. The number of amides is 1. The largest absolute Gasteiger partial charge is 0.452 e. The zero-order valence-electron chi connectivity index (χ0n) is 16.1. The van der Waals surface area contributed by atoms with Crippen molar-refractivity contribution >= 4 is 17.6 Å². The van der Waals surface area contributed by atoms with E-state index in [1.165, 1.54) is 0 Å². The van der Waals surface area contributed by atoms with Crippen molar-refractivity contribution in [3.63, 3.8) is 0 Å². The Hall–Kier alpha value is -3.40. The molecule has 4 heteroatoms. The fourth-order valence-corrected chi connectivity index (χ4v) is 3.04. The van der Waals surface area contributed by atoms with Gasteiger partial charge >= 0.3 is 5.97 Å². The van der Waals surface area contributed by atoms with Crippen LogP contribution in [-0.2, 0) is 16.0 Å². The van der Waals surface area contributed by atoms with Gasteiger partial charge in [-0.2, -0.15) is 0 Å². The lowest BCUT2D eigenvalue weighted by Gasteiger charge is -2.11. The number of benzene rings is 3. The number of anilines is 1. The molecule has 0 aliphatic carbocycles. The van der Waals surface area contributed by atoms with Gasteiger partial charge < -0.3 is 10.1 Å². The molecule has 3 aromatic rings. The van der Waals surface area contributed by atoms with Gasteiger partial charge in [0.05, 0.1) is 5.56 Å². The van der Waals surface area contributed by atoms with E-state index in [0.717, 1.165) is 27.9 Å². The maximum Gasteiger partial charge on any atom is 0.338 e. The molecule has 1 amide bonds. The summed E-state index contributed by atoms with van der Waals surface area (Å²) < 4.78 is 5.25. The molecular weight excluding hydrogens is 350 g/mol. The summed E-state index contributed by atoms with van der Waals surface area (Å²) in [4.78, 5) is 24.7. The third kappa shape index (κ3) is 5.07. The molecule has 0 unspecified atom stereocenters. The molecule has 0 aromatic heterocycles. The Kier molecular flexibility index (Phi) is 6.22. The Labute approximate surface area is 165 Å². The number of rotatable bonds is 6. The highest BCUT2D eigenvalue weighted by atomic mass is 16.5. The molecule has 3 aromatic carbocycles. The first-order chi connectivity index (χ1) is 13.5. The first-order valence-corrected chi connectivity index (χ1v) is 9.19. The van der Waals surface area contributed by atoms with Crippen molar-refractivity contribution < 1.29 is 14.3 Å². The Morgan fingerprint density at radius 1 is 0.893 bits per heavy atom. The summed E-state index contributed by atoms with van der Waals surface area (Å²) in [6.45, 7) is 3.59. The van der Waals surface area contributed by atoms with E-state index in [2.05, 4.69) is 5.32 Å². The SMILES string of the molecule is Cc1ccc(NC(=O)COC(=O)c2ccccc2Cc2ccccc2)c(C)c1. The number of aryl methyl sites for hydroxylation is 2. The monoisotopic (exact) mass is 373 g/mol. The minimum Gasteiger partial charge on any atom is -0.452 e. The van der Waals surface area contributed by atoms with E-state index in [9.17, 15) is 9.59 Å². The number of hydrogen-bond donors (Lipinski definition) is 1.